The van der Waals surface area contributed by atoms with Crippen molar-refractivity contribution in [2.24, 2.45) is 4.99 Å². The number of rotatable bonds is 2. The molecule has 1 saturated heterocycles. The Balaban J connectivity index is 1.66. The lowest BCUT2D eigenvalue weighted by atomic mass is 10.2. The number of nitrogens with zero attached hydrogens (tertiary/aromatic N) is 2. The molecule has 0 bridgehead atoms. The standard InChI is InChI=1S/C13H17N3S/c1-2-9-16(8-1)12-5-3-11(4-6-12)15-13-14-7-10-17-13/h3-6H,1-2,7-10H2,(H,14,15). The summed E-state index contributed by atoms with van der Waals surface area (Å²) in [6.45, 7) is 3.35. The van der Waals surface area contributed by atoms with E-state index >= 15 is 0 Å². The maximum Gasteiger partial charge on any atom is 0.161 e. The van der Waals surface area contributed by atoms with Gasteiger partial charge in [0, 0.05) is 30.2 Å². The van der Waals surface area contributed by atoms with Crippen LogP contribution in [-0.4, -0.2) is 30.6 Å². The summed E-state index contributed by atoms with van der Waals surface area (Å²) in [6.07, 6.45) is 2.65. The van der Waals surface area contributed by atoms with Gasteiger partial charge in [-0.25, -0.2) is 0 Å². The highest BCUT2D eigenvalue weighted by Crippen LogP contribution is 2.23. The summed E-state index contributed by atoms with van der Waals surface area (Å²) in [5.41, 5.74) is 2.48. The second kappa shape index (κ2) is 5.00. The zero-order chi connectivity index (χ0) is 11.5. The molecule has 2 heterocycles. The first kappa shape index (κ1) is 11.0. The topological polar surface area (TPSA) is 27.6 Å². The molecule has 1 N–H and O–H groups in total. The molecule has 0 radical (unpaired) electrons. The van der Waals surface area contributed by atoms with E-state index in [0.29, 0.717) is 0 Å². The minimum absolute atomic E-state index is 0.943. The molecule has 3 nitrogen and oxygen atoms in total. The molecule has 0 aliphatic carbocycles. The average Bonchev–Trinajstić information content (AvgIpc) is 3.01. The number of nitrogens with one attached hydrogen (secondary N) is 1. The lowest BCUT2D eigenvalue weighted by Crippen LogP contribution is -2.17. The van der Waals surface area contributed by atoms with Crippen molar-refractivity contribution in [1.29, 1.82) is 0 Å². The summed E-state index contributed by atoms with van der Waals surface area (Å²) in [5.74, 6) is 1.11. The monoisotopic (exact) mass is 247 g/mol. The number of hydrogen-bond acceptors (Lipinski definition) is 4. The number of aliphatic imine (C=N–C) groups is 1. The zero-order valence-corrected chi connectivity index (χ0v) is 10.7. The largest absolute Gasteiger partial charge is 0.372 e. The predicted molar refractivity (Wildman–Crippen MR) is 76.3 cm³/mol. The number of benzene rings is 1. The molecular formula is C13H17N3S. The smallest absolute Gasteiger partial charge is 0.161 e. The first-order chi connectivity index (χ1) is 8.42. The molecule has 0 aromatic heterocycles. The molecule has 0 atom stereocenters. The minimum atomic E-state index is 0.943. The fourth-order valence-electron chi connectivity index (χ4n) is 2.27. The van der Waals surface area contributed by atoms with Crippen LogP contribution >= 0.6 is 11.8 Å². The van der Waals surface area contributed by atoms with E-state index in [0.717, 1.165) is 23.2 Å². The summed E-state index contributed by atoms with van der Waals surface area (Å²) in [6, 6.07) is 8.70. The highest BCUT2D eigenvalue weighted by molar-refractivity contribution is 8.14. The van der Waals surface area contributed by atoms with Crippen molar-refractivity contribution in [3.8, 4) is 0 Å². The van der Waals surface area contributed by atoms with E-state index in [-0.39, 0.29) is 0 Å². The van der Waals surface area contributed by atoms with E-state index < -0.39 is 0 Å². The van der Waals surface area contributed by atoms with Gasteiger partial charge in [-0.3, -0.25) is 4.99 Å². The van der Waals surface area contributed by atoms with Crippen molar-refractivity contribution < 1.29 is 0 Å². The molecule has 0 spiro atoms. The Morgan fingerprint density at radius 3 is 2.53 bits per heavy atom. The lowest BCUT2D eigenvalue weighted by molar-refractivity contribution is 0.949. The van der Waals surface area contributed by atoms with E-state index in [2.05, 4.69) is 39.5 Å². The first-order valence-corrected chi connectivity index (χ1v) is 7.20. The van der Waals surface area contributed by atoms with Gasteiger partial charge in [-0.2, -0.15) is 0 Å². The Morgan fingerprint density at radius 1 is 1.12 bits per heavy atom. The summed E-state index contributed by atoms with van der Waals surface area (Å²) in [5, 5.41) is 4.41. The Morgan fingerprint density at radius 2 is 1.88 bits per heavy atom. The van der Waals surface area contributed by atoms with Crippen LogP contribution in [0.25, 0.3) is 0 Å². The summed E-state index contributed by atoms with van der Waals surface area (Å²) in [7, 11) is 0. The second-order valence-corrected chi connectivity index (χ2v) is 5.48. The maximum absolute atomic E-state index is 4.39. The molecule has 2 aliphatic heterocycles. The molecule has 17 heavy (non-hydrogen) atoms. The van der Waals surface area contributed by atoms with Crippen LogP contribution in [0.1, 0.15) is 12.8 Å². The van der Waals surface area contributed by atoms with Crippen molar-refractivity contribution in [1.82, 2.24) is 0 Å². The van der Waals surface area contributed by atoms with Crippen LogP contribution in [0.4, 0.5) is 11.4 Å². The molecule has 4 heteroatoms. The second-order valence-electron chi connectivity index (χ2n) is 4.40. The summed E-state index contributed by atoms with van der Waals surface area (Å²) < 4.78 is 0. The maximum atomic E-state index is 4.39. The molecule has 0 unspecified atom stereocenters. The average molecular weight is 247 g/mol. The molecule has 0 saturated carbocycles. The predicted octanol–water partition coefficient (Wildman–Crippen LogP) is 2.80. The van der Waals surface area contributed by atoms with Crippen LogP contribution < -0.4 is 10.2 Å². The minimum Gasteiger partial charge on any atom is -0.372 e. The van der Waals surface area contributed by atoms with Gasteiger partial charge in [0.2, 0.25) is 0 Å². The van der Waals surface area contributed by atoms with Crippen molar-refractivity contribution in [2.45, 2.75) is 12.8 Å². The molecule has 90 valence electrons. The number of hydrogen-bond donors (Lipinski definition) is 1. The molecule has 1 aromatic rings. The third-order valence-corrected chi connectivity index (χ3v) is 4.07. The summed E-state index contributed by atoms with van der Waals surface area (Å²) in [4.78, 5) is 6.84. The number of anilines is 2. The van der Waals surface area contributed by atoms with Crippen LogP contribution in [0.2, 0.25) is 0 Å². The van der Waals surface area contributed by atoms with Crippen LogP contribution in [0.15, 0.2) is 29.3 Å². The van der Waals surface area contributed by atoms with Gasteiger partial charge in [0.1, 0.15) is 0 Å². The highest BCUT2D eigenvalue weighted by atomic mass is 32.2. The fourth-order valence-corrected chi connectivity index (χ4v) is 3.01. The van der Waals surface area contributed by atoms with E-state index in [4.69, 9.17) is 0 Å². The van der Waals surface area contributed by atoms with Crippen LogP contribution in [0.3, 0.4) is 0 Å². The normalized spacial score (nSPS) is 19.5. The Bertz CT molecular complexity index is 407. The summed E-state index contributed by atoms with van der Waals surface area (Å²) >= 11 is 1.80. The molecular weight excluding hydrogens is 230 g/mol. The molecule has 3 rings (SSSR count). The first-order valence-electron chi connectivity index (χ1n) is 6.21. The van der Waals surface area contributed by atoms with Gasteiger partial charge in [0.15, 0.2) is 5.17 Å². The fraction of sp³-hybridized carbons (Fsp3) is 0.462. The van der Waals surface area contributed by atoms with Crippen molar-refractivity contribution in [3.05, 3.63) is 24.3 Å². The third-order valence-electron chi connectivity index (χ3n) is 3.18. The van der Waals surface area contributed by atoms with E-state index in [1.165, 1.54) is 31.6 Å². The van der Waals surface area contributed by atoms with E-state index in [1.807, 2.05) is 0 Å². The Kier molecular flexibility index (Phi) is 3.22. The Hall–Kier alpha value is -1.16. The zero-order valence-electron chi connectivity index (χ0n) is 9.85. The van der Waals surface area contributed by atoms with Crippen LogP contribution in [-0.2, 0) is 0 Å². The SMILES string of the molecule is c1cc(N2CCCC2)ccc1NC1=NCCS1. The quantitative estimate of drug-likeness (QED) is 0.871. The van der Waals surface area contributed by atoms with E-state index in [9.17, 15) is 0 Å². The van der Waals surface area contributed by atoms with Gasteiger partial charge < -0.3 is 10.2 Å². The number of thioether (sulfide) groups is 1. The van der Waals surface area contributed by atoms with Gasteiger partial charge in [-0.05, 0) is 37.1 Å². The third kappa shape index (κ3) is 2.57. The van der Waals surface area contributed by atoms with Gasteiger partial charge in [-0.1, -0.05) is 11.8 Å². The van der Waals surface area contributed by atoms with Crippen molar-refractivity contribution in [3.63, 3.8) is 0 Å². The lowest BCUT2D eigenvalue weighted by Gasteiger charge is -2.17. The van der Waals surface area contributed by atoms with E-state index in [1.54, 1.807) is 11.8 Å². The molecule has 1 fully saturated rings. The highest BCUT2D eigenvalue weighted by Gasteiger charge is 2.12. The van der Waals surface area contributed by atoms with Crippen LogP contribution in [0.5, 0.6) is 0 Å². The van der Waals surface area contributed by atoms with Gasteiger partial charge >= 0.3 is 0 Å². The Labute approximate surface area is 106 Å². The molecule has 1 aromatic carbocycles. The molecule has 2 aliphatic rings. The van der Waals surface area contributed by atoms with Crippen molar-refractivity contribution in [2.75, 3.05) is 35.6 Å². The van der Waals surface area contributed by atoms with Gasteiger partial charge in [0.05, 0.1) is 6.54 Å². The van der Waals surface area contributed by atoms with Gasteiger partial charge in [-0.15, -0.1) is 0 Å². The number of amidine groups is 1. The van der Waals surface area contributed by atoms with Crippen molar-refractivity contribution >= 4 is 28.3 Å². The van der Waals surface area contributed by atoms with Crippen LogP contribution in [0, 0.1) is 0 Å². The molecule has 0 amide bonds. The van der Waals surface area contributed by atoms with Gasteiger partial charge in [0.25, 0.3) is 0 Å².